The second kappa shape index (κ2) is 3.59. The topological polar surface area (TPSA) is 33.1 Å². The molecule has 3 heteroatoms. The number of benzene rings is 1. The Morgan fingerprint density at radius 1 is 1.31 bits per heavy atom. The molecule has 0 spiro atoms. The molecule has 66 valence electrons. The number of rotatable bonds is 1. The second-order valence-corrected chi connectivity index (χ2v) is 3.81. The first-order chi connectivity index (χ1) is 6.31. The highest BCUT2D eigenvalue weighted by Gasteiger charge is 2.01. The Kier molecular flexibility index (Phi) is 2.46. The third kappa shape index (κ3) is 1.66. The fraction of sp³-hybridized carbons (Fsp3) is 0.100. The standard InChI is InChI=1S/C10H8INO/c11-10-8(6-13)5-7-3-1-2-4-9(7)12-10/h1-5,13H,6H2. The highest BCUT2D eigenvalue weighted by molar-refractivity contribution is 14.1. The molecule has 0 atom stereocenters. The van der Waals surface area contributed by atoms with Gasteiger partial charge in [-0.1, -0.05) is 18.2 Å². The summed E-state index contributed by atoms with van der Waals surface area (Å²) in [5.41, 5.74) is 1.86. The molecule has 0 aliphatic heterocycles. The van der Waals surface area contributed by atoms with Crippen molar-refractivity contribution < 1.29 is 5.11 Å². The molecule has 1 heterocycles. The van der Waals surface area contributed by atoms with Gasteiger partial charge in [0.1, 0.15) is 3.70 Å². The Morgan fingerprint density at radius 3 is 2.85 bits per heavy atom. The van der Waals surface area contributed by atoms with E-state index in [1.807, 2.05) is 30.3 Å². The average molecular weight is 285 g/mol. The molecule has 2 rings (SSSR count). The van der Waals surface area contributed by atoms with E-state index in [1.165, 1.54) is 0 Å². The lowest BCUT2D eigenvalue weighted by Crippen LogP contribution is -1.92. The number of aliphatic hydroxyl groups excluding tert-OH is 1. The van der Waals surface area contributed by atoms with Crippen molar-refractivity contribution in [2.45, 2.75) is 6.61 Å². The van der Waals surface area contributed by atoms with Crippen LogP contribution in [0.3, 0.4) is 0 Å². The fourth-order valence-electron chi connectivity index (χ4n) is 1.25. The van der Waals surface area contributed by atoms with Gasteiger partial charge in [0.15, 0.2) is 0 Å². The molecule has 0 aliphatic carbocycles. The number of aliphatic hydroxyl groups is 1. The molecule has 0 unspecified atom stereocenters. The van der Waals surface area contributed by atoms with E-state index in [-0.39, 0.29) is 6.61 Å². The molecule has 2 nitrogen and oxygen atoms in total. The van der Waals surface area contributed by atoms with E-state index < -0.39 is 0 Å². The number of pyridine rings is 1. The Bertz CT molecular complexity index is 442. The minimum absolute atomic E-state index is 0.0517. The molecular weight excluding hydrogens is 277 g/mol. The number of nitrogens with zero attached hydrogens (tertiary/aromatic N) is 1. The predicted molar refractivity (Wildman–Crippen MR) is 60.4 cm³/mol. The lowest BCUT2D eigenvalue weighted by atomic mass is 10.2. The molecule has 0 bridgehead atoms. The summed E-state index contributed by atoms with van der Waals surface area (Å²) in [6.45, 7) is 0.0517. The zero-order valence-electron chi connectivity index (χ0n) is 6.87. The van der Waals surface area contributed by atoms with Crippen LogP contribution >= 0.6 is 22.6 Å². The predicted octanol–water partition coefficient (Wildman–Crippen LogP) is 2.33. The molecule has 2 aromatic rings. The minimum Gasteiger partial charge on any atom is -0.392 e. The Labute approximate surface area is 89.8 Å². The summed E-state index contributed by atoms with van der Waals surface area (Å²) >= 11 is 2.14. The number of halogens is 1. The van der Waals surface area contributed by atoms with Crippen molar-refractivity contribution in [3.63, 3.8) is 0 Å². The summed E-state index contributed by atoms with van der Waals surface area (Å²) in [7, 11) is 0. The minimum atomic E-state index is 0.0517. The van der Waals surface area contributed by atoms with Gasteiger partial charge in [-0.05, 0) is 34.7 Å². The van der Waals surface area contributed by atoms with Crippen LogP contribution < -0.4 is 0 Å². The lowest BCUT2D eigenvalue weighted by molar-refractivity contribution is 0.280. The molecule has 0 aliphatic rings. The monoisotopic (exact) mass is 285 g/mol. The van der Waals surface area contributed by atoms with Crippen molar-refractivity contribution in [3.8, 4) is 0 Å². The molecule has 0 fully saturated rings. The molecule has 1 aromatic carbocycles. The Hall–Kier alpha value is -0.680. The van der Waals surface area contributed by atoms with Gasteiger partial charge in [0.05, 0.1) is 12.1 Å². The zero-order chi connectivity index (χ0) is 9.26. The van der Waals surface area contributed by atoms with Crippen molar-refractivity contribution in [1.29, 1.82) is 0 Å². The van der Waals surface area contributed by atoms with E-state index in [0.717, 1.165) is 20.2 Å². The summed E-state index contributed by atoms with van der Waals surface area (Å²) in [4.78, 5) is 4.37. The maximum absolute atomic E-state index is 9.03. The fourth-order valence-corrected chi connectivity index (χ4v) is 1.83. The normalized spacial score (nSPS) is 10.6. The van der Waals surface area contributed by atoms with Crippen molar-refractivity contribution in [2.75, 3.05) is 0 Å². The molecule has 0 saturated carbocycles. The van der Waals surface area contributed by atoms with E-state index in [4.69, 9.17) is 5.11 Å². The van der Waals surface area contributed by atoms with Gasteiger partial charge in [-0.25, -0.2) is 4.98 Å². The summed E-state index contributed by atoms with van der Waals surface area (Å²) < 4.78 is 0.874. The SMILES string of the molecule is OCc1cc2ccccc2nc1I. The van der Waals surface area contributed by atoms with E-state index >= 15 is 0 Å². The molecule has 0 radical (unpaired) electrons. The van der Waals surface area contributed by atoms with Crippen LogP contribution in [0.25, 0.3) is 10.9 Å². The van der Waals surface area contributed by atoms with Crippen molar-refractivity contribution in [3.05, 3.63) is 39.6 Å². The molecule has 13 heavy (non-hydrogen) atoms. The number of hydrogen-bond donors (Lipinski definition) is 1. The van der Waals surface area contributed by atoms with Gasteiger partial charge in [0.2, 0.25) is 0 Å². The number of hydrogen-bond acceptors (Lipinski definition) is 2. The molecule has 1 N–H and O–H groups in total. The van der Waals surface area contributed by atoms with E-state index in [9.17, 15) is 0 Å². The smallest absolute Gasteiger partial charge is 0.107 e. The van der Waals surface area contributed by atoms with Gasteiger partial charge in [-0.3, -0.25) is 0 Å². The van der Waals surface area contributed by atoms with Crippen LogP contribution in [0, 0.1) is 3.70 Å². The summed E-state index contributed by atoms with van der Waals surface area (Å²) in [6, 6.07) is 9.88. The first-order valence-corrected chi connectivity index (χ1v) is 5.04. The van der Waals surface area contributed by atoms with Gasteiger partial charge in [-0.15, -0.1) is 0 Å². The molecular formula is C10H8INO. The lowest BCUT2D eigenvalue weighted by Gasteiger charge is -2.02. The van der Waals surface area contributed by atoms with Crippen molar-refractivity contribution in [1.82, 2.24) is 4.98 Å². The van der Waals surface area contributed by atoms with Crippen LogP contribution in [0.2, 0.25) is 0 Å². The van der Waals surface area contributed by atoms with Crippen LogP contribution in [0.5, 0.6) is 0 Å². The first-order valence-electron chi connectivity index (χ1n) is 3.96. The first kappa shape index (κ1) is 8.90. The van der Waals surface area contributed by atoms with Crippen molar-refractivity contribution in [2.24, 2.45) is 0 Å². The van der Waals surface area contributed by atoms with Gasteiger partial charge in [-0.2, -0.15) is 0 Å². The Morgan fingerprint density at radius 2 is 2.08 bits per heavy atom. The molecule has 0 saturated heterocycles. The van der Waals surface area contributed by atoms with E-state index in [1.54, 1.807) is 0 Å². The van der Waals surface area contributed by atoms with E-state index in [2.05, 4.69) is 27.6 Å². The summed E-state index contributed by atoms with van der Waals surface area (Å²) in [5.74, 6) is 0. The maximum atomic E-state index is 9.03. The number of fused-ring (bicyclic) bond motifs is 1. The molecule has 1 aromatic heterocycles. The highest BCUT2D eigenvalue weighted by Crippen LogP contribution is 2.17. The highest BCUT2D eigenvalue weighted by atomic mass is 127. The largest absolute Gasteiger partial charge is 0.392 e. The van der Waals surface area contributed by atoms with Crippen LogP contribution in [-0.2, 0) is 6.61 Å². The maximum Gasteiger partial charge on any atom is 0.107 e. The van der Waals surface area contributed by atoms with Gasteiger partial charge in [0.25, 0.3) is 0 Å². The van der Waals surface area contributed by atoms with Gasteiger partial charge in [0, 0.05) is 10.9 Å². The quantitative estimate of drug-likeness (QED) is 0.644. The van der Waals surface area contributed by atoms with Crippen LogP contribution in [0.4, 0.5) is 0 Å². The summed E-state index contributed by atoms with van der Waals surface area (Å²) in [5, 5.41) is 10.1. The zero-order valence-corrected chi connectivity index (χ0v) is 9.02. The van der Waals surface area contributed by atoms with Gasteiger partial charge >= 0.3 is 0 Å². The second-order valence-electron chi connectivity index (χ2n) is 2.79. The van der Waals surface area contributed by atoms with Crippen LogP contribution in [-0.4, -0.2) is 10.1 Å². The van der Waals surface area contributed by atoms with Crippen LogP contribution in [0.15, 0.2) is 30.3 Å². The van der Waals surface area contributed by atoms with Crippen molar-refractivity contribution >= 4 is 33.5 Å². The Balaban J connectivity index is 2.74. The number of aromatic nitrogens is 1. The third-order valence-electron chi connectivity index (χ3n) is 1.92. The number of para-hydroxylation sites is 1. The summed E-state index contributed by atoms with van der Waals surface area (Å²) in [6.07, 6.45) is 0. The average Bonchev–Trinajstić information content (AvgIpc) is 2.17. The van der Waals surface area contributed by atoms with Crippen LogP contribution in [0.1, 0.15) is 5.56 Å². The third-order valence-corrected chi connectivity index (χ3v) is 2.85. The van der Waals surface area contributed by atoms with Gasteiger partial charge < -0.3 is 5.11 Å². The molecule has 0 amide bonds. The van der Waals surface area contributed by atoms with E-state index in [0.29, 0.717) is 0 Å².